The number of hydrogen-bond donors (Lipinski definition) is 1. The quantitative estimate of drug-likeness (QED) is 0.553. The van der Waals surface area contributed by atoms with Crippen molar-refractivity contribution in [2.45, 2.75) is 12.8 Å². The molecule has 2 N–H and O–H groups in total. The van der Waals surface area contributed by atoms with Crippen molar-refractivity contribution in [2.24, 2.45) is 5.73 Å². The van der Waals surface area contributed by atoms with E-state index in [1.807, 2.05) is 0 Å². The van der Waals surface area contributed by atoms with E-state index >= 15 is 0 Å². The fourth-order valence-corrected chi connectivity index (χ4v) is 1.51. The lowest BCUT2D eigenvalue weighted by atomic mass is 10.2. The van der Waals surface area contributed by atoms with E-state index in [0.29, 0.717) is 39.6 Å². The topological polar surface area (TPSA) is 53.7 Å². The van der Waals surface area contributed by atoms with Gasteiger partial charge in [0.2, 0.25) is 0 Å². The maximum Gasteiger partial charge on any atom is 0.0701 e. The average molecular weight is 241 g/mol. The molecule has 1 aliphatic carbocycles. The first-order valence-corrected chi connectivity index (χ1v) is 6.22. The van der Waals surface area contributed by atoms with Crippen LogP contribution in [0.1, 0.15) is 12.8 Å². The summed E-state index contributed by atoms with van der Waals surface area (Å²) in [5.41, 5.74) is 6.66. The van der Waals surface area contributed by atoms with Gasteiger partial charge in [-0.15, -0.1) is 0 Å². The standard InChI is InChI=1S/C13H23NO3/c14-6-8-16-10-12-17-11-9-15-7-5-13-3-1-2-4-13/h1,3-4H,2,5-12,14H2. The van der Waals surface area contributed by atoms with Gasteiger partial charge in [0.25, 0.3) is 0 Å². The summed E-state index contributed by atoms with van der Waals surface area (Å²) in [4.78, 5) is 0. The highest BCUT2D eigenvalue weighted by atomic mass is 16.5. The van der Waals surface area contributed by atoms with Crippen LogP contribution >= 0.6 is 0 Å². The lowest BCUT2D eigenvalue weighted by Gasteiger charge is -2.06. The third-order valence-electron chi connectivity index (χ3n) is 2.39. The van der Waals surface area contributed by atoms with Crippen LogP contribution in [-0.2, 0) is 14.2 Å². The molecule has 4 heteroatoms. The van der Waals surface area contributed by atoms with Crippen molar-refractivity contribution in [1.29, 1.82) is 0 Å². The monoisotopic (exact) mass is 241 g/mol. The molecule has 1 aliphatic rings. The fourth-order valence-electron chi connectivity index (χ4n) is 1.51. The van der Waals surface area contributed by atoms with Crippen molar-refractivity contribution in [3.63, 3.8) is 0 Å². The lowest BCUT2D eigenvalue weighted by molar-refractivity contribution is 0.0166. The van der Waals surface area contributed by atoms with Crippen LogP contribution in [0.2, 0.25) is 0 Å². The van der Waals surface area contributed by atoms with Gasteiger partial charge in [-0.3, -0.25) is 0 Å². The molecule has 0 aliphatic heterocycles. The van der Waals surface area contributed by atoms with Crippen LogP contribution in [0.3, 0.4) is 0 Å². The summed E-state index contributed by atoms with van der Waals surface area (Å²) in [5.74, 6) is 0. The minimum absolute atomic E-state index is 0.563. The predicted molar refractivity (Wildman–Crippen MR) is 68.0 cm³/mol. The minimum Gasteiger partial charge on any atom is -0.379 e. The van der Waals surface area contributed by atoms with Crippen LogP contribution < -0.4 is 5.73 Å². The Bertz CT molecular complexity index is 239. The van der Waals surface area contributed by atoms with Gasteiger partial charge in [-0.1, -0.05) is 18.2 Å². The molecular weight excluding hydrogens is 218 g/mol. The first-order chi connectivity index (χ1) is 8.43. The van der Waals surface area contributed by atoms with Crippen LogP contribution in [0.25, 0.3) is 0 Å². The van der Waals surface area contributed by atoms with E-state index in [9.17, 15) is 0 Å². The van der Waals surface area contributed by atoms with Gasteiger partial charge < -0.3 is 19.9 Å². The highest BCUT2D eigenvalue weighted by Crippen LogP contribution is 2.12. The zero-order chi connectivity index (χ0) is 12.2. The van der Waals surface area contributed by atoms with Crippen molar-refractivity contribution in [3.8, 4) is 0 Å². The van der Waals surface area contributed by atoms with Crippen LogP contribution in [0.5, 0.6) is 0 Å². The van der Waals surface area contributed by atoms with E-state index < -0.39 is 0 Å². The maximum atomic E-state index is 5.46. The zero-order valence-corrected chi connectivity index (χ0v) is 10.4. The number of hydrogen-bond acceptors (Lipinski definition) is 4. The Kier molecular flexibility index (Phi) is 8.86. The highest BCUT2D eigenvalue weighted by Gasteiger charge is 1.97. The molecule has 0 aromatic rings. The van der Waals surface area contributed by atoms with Gasteiger partial charge in [0.1, 0.15) is 0 Å². The lowest BCUT2D eigenvalue weighted by Crippen LogP contribution is -2.13. The smallest absolute Gasteiger partial charge is 0.0701 e. The second-order valence-electron chi connectivity index (χ2n) is 3.79. The molecule has 98 valence electrons. The normalized spacial score (nSPS) is 14.3. The molecule has 0 amide bonds. The molecule has 0 fully saturated rings. The van der Waals surface area contributed by atoms with Gasteiger partial charge in [-0.05, 0) is 18.4 Å². The third kappa shape index (κ3) is 8.10. The molecule has 0 saturated carbocycles. The molecule has 0 atom stereocenters. The summed E-state index contributed by atoms with van der Waals surface area (Å²) in [5, 5.41) is 0. The molecule has 17 heavy (non-hydrogen) atoms. The van der Waals surface area contributed by atoms with Gasteiger partial charge >= 0.3 is 0 Å². The van der Waals surface area contributed by atoms with Gasteiger partial charge in [0, 0.05) is 6.54 Å². The Balaban J connectivity index is 1.74. The molecule has 0 aromatic heterocycles. The minimum atomic E-state index is 0.563. The second-order valence-corrected chi connectivity index (χ2v) is 3.79. The number of ether oxygens (including phenoxy) is 3. The van der Waals surface area contributed by atoms with Crippen LogP contribution in [0.4, 0.5) is 0 Å². The number of allylic oxidation sites excluding steroid dienone is 3. The van der Waals surface area contributed by atoms with Gasteiger partial charge in [-0.2, -0.15) is 0 Å². The van der Waals surface area contributed by atoms with Crippen LogP contribution in [0, 0.1) is 0 Å². The van der Waals surface area contributed by atoms with Crippen molar-refractivity contribution in [1.82, 2.24) is 0 Å². The SMILES string of the molecule is NCCOCCOCCOCCC1=CCC=C1. The van der Waals surface area contributed by atoms with Crippen molar-refractivity contribution in [2.75, 3.05) is 46.2 Å². The van der Waals surface area contributed by atoms with E-state index in [-0.39, 0.29) is 0 Å². The molecule has 1 rings (SSSR count). The van der Waals surface area contributed by atoms with E-state index in [1.54, 1.807) is 0 Å². The third-order valence-corrected chi connectivity index (χ3v) is 2.39. The molecule has 0 unspecified atom stereocenters. The molecule has 0 spiro atoms. The van der Waals surface area contributed by atoms with Gasteiger partial charge in [0.15, 0.2) is 0 Å². The molecule has 0 bridgehead atoms. The molecule has 0 heterocycles. The first-order valence-electron chi connectivity index (χ1n) is 6.22. The van der Waals surface area contributed by atoms with Crippen molar-refractivity contribution >= 4 is 0 Å². The van der Waals surface area contributed by atoms with E-state index in [1.165, 1.54) is 5.57 Å². The fraction of sp³-hybridized carbons (Fsp3) is 0.692. The Morgan fingerprint density at radius 1 is 0.941 bits per heavy atom. The summed E-state index contributed by atoms with van der Waals surface area (Å²) >= 11 is 0. The number of nitrogens with two attached hydrogens (primary N) is 1. The van der Waals surface area contributed by atoms with Crippen molar-refractivity contribution < 1.29 is 14.2 Å². The molecule has 0 saturated heterocycles. The Labute approximate surface area is 103 Å². The van der Waals surface area contributed by atoms with Crippen LogP contribution in [-0.4, -0.2) is 46.2 Å². The van der Waals surface area contributed by atoms with Gasteiger partial charge in [-0.25, -0.2) is 0 Å². The predicted octanol–water partition coefficient (Wildman–Crippen LogP) is 1.27. The average Bonchev–Trinajstić information content (AvgIpc) is 2.85. The number of rotatable bonds is 11. The second kappa shape index (κ2) is 10.5. The highest BCUT2D eigenvalue weighted by molar-refractivity contribution is 5.25. The van der Waals surface area contributed by atoms with Crippen LogP contribution in [0.15, 0.2) is 23.8 Å². The van der Waals surface area contributed by atoms with E-state index in [4.69, 9.17) is 19.9 Å². The Morgan fingerprint density at radius 2 is 1.59 bits per heavy atom. The Hall–Kier alpha value is -0.680. The maximum absolute atomic E-state index is 5.46. The van der Waals surface area contributed by atoms with E-state index in [2.05, 4.69) is 18.2 Å². The summed E-state index contributed by atoms with van der Waals surface area (Å²) in [6.07, 6.45) is 8.63. The summed E-state index contributed by atoms with van der Waals surface area (Å²) < 4.78 is 16.0. The molecule has 4 nitrogen and oxygen atoms in total. The summed E-state index contributed by atoms with van der Waals surface area (Å²) in [6.45, 7) is 4.42. The largest absolute Gasteiger partial charge is 0.379 e. The Morgan fingerprint density at radius 3 is 2.18 bits per heavy atom. The molecular formula is C13H23NO3. The van der Waals surface area contributed by atoms with E-state index in [0.717, 1.165) is 19.4 Å². The van der Waals surface area contributed by atoms with Gasteiger partial charge in [0.05, 0.1) is 39.6 Å². The summed E-state index contributed by atoms with van der Waals surface area (Å²) in [7, 11) is 0. The zero-order valence-electron chi connectivity index (χ0n) is 10.4. The molecule has 0 aromatic carbocycles. The molecule has 0 radical (unpaired) electrons. The first kappa shape index (κ1) is 14.4. The summed E-state index contributed by atoms with van der Waals surface area (Å²) in [6, 6.07) is 0. The van der Waals surface area contributed by atoms with Crippen molar-refractivity contribution in [3.05, 3.63) is 23.8 Å².